The van der Waals surface area contributed by atoms with Crippen molar-refractivity contribution in [3.8, 4) is 28.5 Å². The minimum atomic E-state index is -2.48. The van der Waals surface area contributed by atoms with Crippen molar-refractivity contribution in [1.29, 1.82) is 0 Å². The van der Waals surface area contributed by atoms with Gasteiger partial charge in [-0.1, -0.05) is 37.1 Å². The lowest BCUT2D eigenvalue weighted by Gasteiger charge is -2.45. The highest BCUT2D eigenvalue weighted by Gasteiger charge is 2.49. The smallest absolute Gasteiger partial charge is 0.409 e. The highest BCUT2D eigenvalue weighted by Crippen LogP contribution is 2.46. The number of carbonyl (C=O) groups is 6. The van der Waals surface area contributed by atoms with Gasteiger partial charge in [-0.05, 0) is 119 Å². The van der Waals surface area contributed by atoms with E-state index in [0.29, 0.717) is 157 Å². The van der Waals surface area contributed by atoms with Crippen molar-refractivity contribution in [2.24, 2.45) is 0 Å². The van der Waals surface area contributed by atoms with Crippen molar-refractivity contribution < 1.29 is 80.8 Å². The molecule has 0 spiro atoms. The number of benzene rings is 3. The van der Waals surface area contributed by atoms with Gasteiger partial charge >= 0.3 is 14.5 Å². The SMILES string of the molecule is COc1cc2c(cc1OCc1cc(COc3cc4c(cc3C)C(=O)N3C=C(C)C[C@H]3[C@H](O[Si](C)(C)C(C)(C)C)N4[B]C=O)cc(-c3cn(CCOCCOCCOCCOCCOCCOCCCC(=O)CCN4C(=O)C=CC4=O)nn3)c1)N(B(C)O)[C@@H](C)[C@@H]1CC(C)=CN1C2=O. The van der Waals surface area contributed by atoms with Crippen LogP contribution in [-0.2, 0) is 71.8 Å². The van der Waals surface area contributed by atoms with Crippen molar-refractivity contribution in [2.45, 2.75) is 150 Å². The van der Waals surface area contributed by atoms with Crippen LogP contribution in [-0.4, -0.2) is 210 Å². The lowest BCUT2D eigenvalue weighted by atomic mass is 9.80. The average molecular weight is 1360 g/mol. The van der Waals surface area contributed by atoms with E-state index in [-0.39, 0.29) is 78.8 Å². The zero-order valence-corrected chi connectivity index (χ0v) is 58.9. The molecule has 0 unspecified atom stereocenters. The van der Waals surface area contributed by atoms with E-state index in [1.807, 2.05) is 86.2 Å². The van der Waals surface area contributed by atoms with Crippen molar-refractivity contribution in [3.63, 3.8) is 0 Å². The molecule has 5 aliphatic heterocycles. The lowest BCUT2D eigenvalue weighted by molar-refractivity contribution is -0.137. The molecule has 4 atom stereocenters. The van der Waals surface area contributed by atoms with Crippen molar-refractivity contribution >= 4 is 69.8 Å². The summed E-state index contributed by atoms with van der Waals surface area (Å²) in [4.78, 5) is 85.0. The largest absolute Gasteiger partial charge is 0.493 e. The van der Waals surface area contributed by atoms with Crippen LogP contribution in [0.1, 0.15) is 111 Å². The van der Waals surface area contributed by atoms with Gasteiger partial charge in [0.15, 0.2) is 19.8 Å². The first-order valence-corrected chi connectivity index (χ1v) is 36.3. The van der Waals surface area contributed by atoms with Gasteiger partial charge in [-0.2, -0.15) is 0 Å². The van der Waals surface area contributed by atoms with Gasteiger partial charge in [-0.3, -0.25) is 28.9 Å². The Labute approximate surface area is 570 Å². The number of carbonyl (C=O) groups excluding carboxylic acids is 6. The first-order chi connectivity index (χ1) is 46.5. The van der Waals surface area contributed by atoms with Crippen LogP contribution >= 0.6 is 0 Å². The van der Waals surface area contributed by atoms with E-state index in [0.717, 1.165) is 44.5 Å². The second kappa shape index (κ2) is 33.8. The molecule has 0 bridgehead atoms. The Kier molecular flexibility index (Phi) is 25.7. The van der Waals surface area contributed by atoms with Crippen molar-refractivity contribution in [1.82, 2.24) is 29.7 Å². The van der Waals surface area contributed by atoms with E-state index in [1.165, 1.54) is 26.7 Å². The molecule has 1 radical (unpaired) electrons. The first kappa shape index (κ1) is 73.7. The second-order valence-corrected chi connectivity index (χ2v) is 31.3. The molecule has 0 saturated heterocycles. The van der Waals surface area contributed by atoms with Gasteiger partial charge in [-0.15, -0.1) is 5.10 Å². The Morgan fingerprint density at radius 2 is 1.23 bits per heavy atom. The molecular weight excluding hydrogens is 1260 g/mol. The quantitative estimate of drug-likeness (QED) is 0.0195. The topological polar surface area (TPSA) is 262 Å². The summed E-state index contributed by atoms with van der Waals surface area (Å²) in [6.07, 6.45) is 10.4. The number of ketones is 1. The number of methoxy groups -OCH3 is 1. The maximum absolute atomic E-state index is 14.6. The van der Waals surface area contributed by atoms with Crippen LogP contribution in [0, 0.1) is 6.92 Å². The number of amides is 4. The van der Waals surface area contributed by atoms with Crippen LogP contribution in [0.15, 0.2) is 84.4 Å². The zero-order chi connectivity index (χ0) is 69.6. The van der Waals surface area contributed by atoms with Gasteiger partial charge < -0.3 is 76.3 Å². The fourth-order valence-corrected chi connectivity index (χ4v) is 13.4. The maximum Gasteiger partial charge on any atom is 0.409 e. The van der Waals surface area contributed by atoms with Crippen LogP contribution in [0.25, 0.3) is 11.3 Å². The molecule has 28 heteroatoms. The molecule has 6 heterocycles. The molecule has 4 aromatic rings. The molecule has 3 aromatic carbocycles. The molecule has 97 heavy (non-hydrogen) atoms. The molecule has 0 aliphatic carbocycles. The summed E-state index contributed by atoms with van der Waals surface area (Å²) in [7, 11) is -0.426. The molecule has 1 aromatic heterocycles. The number of aromatic nitrogens is 3. The summed E-state index contributed by atoms with van der Waals surface area (Å²) < 4.78 is 62.1. The Hall–Kier alpha value is -7.53. The summed E-state index contributed by atoms with van der Waals surface area (Å²) >= 11 is 0. The number of fused-ring (bicyclic) bond motifs is 4. The third-order valence-corrected chi connectivity index (χ3v) is 22.7. The Morgan fingerprint density at radius 1 is 0.691 bits per heavy atom. The van der Waals surface area contributed by atoms with Gasteiger partial charge in [0.25, 0.3) is 23.6 Å². The van der Waals surface area contributed by atoms with E-state index in [1.54, 1.807) is 33.4 Å². The number of rotatable bonds is 38. The Balaban J connectivity index is 0.790. The summed E-state index contributed by atoms with van der Waals surface area (Å²) in [5.74, 6) is 0.0497. The fourth-order valence-electron chi connectivity index (χ4n) is 12.2. The minimum absolute atomic E-state index is 0.0246. The number of anilines is 2. The molecule has 1 N–H and O–H groups in total. The molecule has 521 valence electrons. The number of hydrogen-bond acceptors (Lipinski definition) is 21. The van der Waals surface area contributed by atoms with Crippen LogP contribution in [0.3, 0.4) is 0 Å². The molecule has 25 nitrogen and oxygen atoms in total. The van der Waals surface area contributed by atoms with E-state index in [2.05, 4.69) is 44.2 Å². The highest BCUT2D eigenvalue weighted by atomic mass is 28.4. The van der Waals surface area contributed by atoms with Crippen molar-refractivity contribution in [2.75, 3.05) is 103 Å². The molecule has 0 fully saturated rings. The van der Waals surface area contributed by atoms with Crippen LogP contribution in [0.5, 0.6) is 17.2 Å². The highest BCUT2D eigenvalue weighted by molar-refractivity contribution is 6.74. The van der Waals surface area contributed by atoms with Crippen LogP contribution in [0.2, 0.25) is 25.0 Å². The summed E-state index contributed by atoms with van der Waals surface area (Å²) in [5, 5.41) is 20.1. The lowest BCUT2D eigenvalue weighted by Crippen LogP contribution is -2.57. The third-order valence-electron chi connectivity index (χ3n) is 18.3. The van der Waals surface area contributed by atoms with E-state index < -0.39 is 21.6 Å². The molecule has 9 rings (SSSR count). The summed E-state index contributed by atoms with van der Waals surface area (Å²) in [6.45, 7) is 25.8. The van der Waals surface area contributed by atoms with Crippen molar-refractivity contribution in [3.05, 3.63) is 112 Å². The third kappa shape index (κ3) is 18.6. The number of imide groups is 1. The number of ether oxygens (including phenoxy) is 9. The number of Topliss-reactive ketones (excluding diaryl/α,β-unsaturated/α-hetero) is 1. The van der Waals surface area contributed by atoms with Gasteiger partial charge in [0.1, 0.15) is 42.9 Å². The maximum atomic E-state index is 14.6. The van der Waals surface area contributed by atoms with Crippen LogP contribution < -0.4 is 23.8 Å². The van der Waals surface area contributed by atoms with Crippen LogP contribution in [0.4, 0.5) is 11.4 Å². The first-order valence-electron chi connectivity index (χ1n) is 33.3. The summed E-state index contributed by atoms with van der Waals surface area (Å²) in [5.41, 5.74) is 7.52. The molecule has 0 saturated carbocycles. The summed E-state index contributed by atoms with van der Waals surface area (Å²) in [6, 6.07) is 12.2. The predicted molar refractivity (Wildman–Crippen MR) is 367 cm³/mol. The standard InChI is InChI=1S/C69H93B2N8O17Si/c1-46-31-57-49(4)79(71(8)86)59-39-63(62(87-9)37-55(59)67(85)76(57)40-46)95-44-51-34-50(43-94-61-38-58-54(33-48(61)3)66(84)77-41-47(2)32-60(77)68(78(58)70-45-80)96-97(10,11)69(5,6)7)35-52(36-51)56-42-74(73-72-56)18-20-89-22-24-91-26-28-93-30-29-92-27-25-90-23-21-88-19-12-13-53(81)16-17-75-64(82)14-15-65(75)83/h14-15,33-42,45,49,57,60,68,86H,12-13,16-32,43-44H2,1-11H3/t49-,57-,60-,68-/m0/s1. The normalized spacial score (nSPS) is 18.4. The Morgan fingerprint density at radius 3 is 1.79 bits per heavy atom. The fraction of sp³-hybridized carbons (Fsp3) is 0.536. The number of aryl methyl sites for hydroxylation is 1. The van der Waals surface area contributed by atoms with Gasteiger partial charge in [0.2, 0.25) is 0 Å². The van der Waals surface area contributed by atoms with E-state index in [4.69, 9.17) is 47.1 Å². The van der Waals surface area contributed by atoms with Gasteiger partial charge in [0, 0.05) is 85.7 Å². The minimum Gasteiger partial charge on any atom is -0.493 e. The van der Waals surface area contributed by atoms with E-state index >= 15 is 0 Å². The number of nitrogens with zero attached hydrogens (tertiary/aromatic N) is 8. The molecule has 5 aliphatic rings. The van der Waals surface area contributed by atoms with E-state index in [9.17, 15) is 33.8 Å². The predicted octanol–water partition coefficient (Wildman–Crippen LogP) is 7.72. The van der Waals surface area contributed by atoms with Gasteiger partial charge in [-0.25, -0.2) is 4.68 Å². The second-order valence-electron chi connectivity index (χ2n) is 26.5. The molecule has 4 amide bonds. The monoisotopic (exact) mass is 1360 g/mol. The molecular formula is C69H93B2N8O17Si. The van der Waals surface area contributed by atoms with Gasteiger partial charge in [0.05, 0.1) is 116 Å². The zero-order valence-electron chi connectivity index (χ0n) is 57.9. The number of hydrogen-bond donors (Lipinski definition) is 1. The average Bonchev–Trinajstić information content (AvgIpc) is 1.63. The Bertz CT molecular complexity index is 3540.